The Morgan fingerprint density at radius 2 is 1.74 bits per heavy atom. The summed E-state index contributed by atoms with van der Waals surface area (Å²) >= 11 is 0. The molecule has 2 saturated heterocycles. The van der Waals surface area contributed by atoms with E-state index in [2.05, 4.69) is 96.5 Å². The van der Waals surface area contributed by atoms with Crippen molar-refractivity contribution in [2.45, 2.75) is 70.0 Å². The Hall–Kier alpha value is -3.43. The van der Waals surface area contributed by atoms with Gasteiger partial charge in [-0.05, 0) is 35.7 Å². The maximum atomic E-state index is 13.8. The minimum atomic E-state index is -2.91. The van der Waals surface area contributed by atoms with E-state index in [1.165, 1.54) is 10.4 Å². The van der Waals surface area contributed by atoms with E-state index in [1.807, 2.05) is 30.0 Å². The summed E-state index contributed by atoms with van der Waals surface area (Å²) in [6.07, 6.45) is -0.949. The normalized spacial score (nSPS) is 23.8. The average molecular weight is 605 g/mol. The molecule has 0 unspecified atom stereocenters. The molecule has 2 aliphatic heterocycles. The van der Waals surface area contributed by atoms with Crippen LogP contribution in [0, 0.1) is 11.3 Å². The van der Waals surface area contributed by atoms with Gasteiger partial charge in [-0.2, -0.15) is 20.2 Å². The minimum Gasteiger partial charge on any atom is -0.459 e. The van der Waals surface area contributed by atoms with Crippen LogP contribution in [0.2, 0.25) is 5.04 Å². The molecule has 2 aromatic carbocycles. The number of anilines is 1. The Balaban J connectivity index is 1.49. The highest BCUT2D eigenvalue weighted by Gasteiger charge is 2.54. The highest BCUT2D eigenvalue weighted by molar-refractivity contribution is 6.99. The Labute approximate surface area is 254 Å². The van der Waals surface area contributed by atoms with Crippen LogP contribution in [0.15, 0.2) is 60.7 Å². The van der Waals surface area contributed by atoms with E-state index in [4.69, 9.17) is 13.9 Å². The number of aromatic nitrogens is 3. The van der Waals surface area contributed by atoms with E-state index in [0.29, 0.717) is 45.2 Å². The zero-order chi connectivity index (χ0) is 30.7. The van der Waals surface area contributed by atoms with Gasteiger partial charge in [0.25, 0.3) is 8.32 Å². The highest BCUT2D eigenvalue weighted by Crippen LogP contribution is 2.40. The number of nitriles is 1. The average Bonchev–Trinajstić information content (AvgIpc) is 3.34. The number of benzene rings is 2. The second-order valence-electron chi connectivity index (χ2n) is 12.7. The molecule has 0 aliphatic carbocycles. The number of halogens is 1. The molecule has 9 nitrogen and oxygen atoms in total. The number of rotatable bonds is 8. The summed E-state index contributed by atoms with van der Waals surface area (Å²) in [7, 11) is -2.91. The number of ether oxygens (including phenoxy) is 2. The van der Waals surface area contributed by atoms with Crippen molar-refractivity contribution >= 4 is 24.6 Å². The Morgan fingerprint density at radius 3 is 2.30 bits per heavy atom. The van der Waals surface area contributed by atoms with Crippen LogP contribution in [-0.2, 0) is 9.16 Å². The summed E-state index contributed by atoms with van der Waals surface area (Å²) in [6, 6.07) is 22.9. The molecule has 3 heterocycles. The van der Waals surface area contributed by atoms with Crippen LogP contribution in [0.25, 0.3) is 0 Å². The number of hydrogen-bond donors (Lipinski definition) is 1. The van der Waals surface area contributed by atoms with Crippen molar-refractivity contribution in [3.05, 3.63) is 66.5 Å². The summed E-state index contributed by atoms with van der Waals surface area (Å²) < 4.78 is 33.5. The molecule has 43 heavy (non-hydrogen) atoms. The van der Waals surface area contributed by atoms with Crippen molar-refractivity contribution in [1.82, 2.24) is 20.3 Å². The van der Waals surface area contributed by atoms with Gasteiger partial charge in [0.1, 0.15) is 18.3 Å². The SMILES string of the molecule is C[C@H](Oc1nc(C#N)nc(N2CCOC[C@@](C)(O[Si](c3ccccc3)(c3ccccc3)C(C)(C)C)C2)n1)[C@@H]1C[C@@H](F)CN1. The van der Waals surface area contributed by atoms with Gasteiger partial charge in [0.2, 0.25) is 11.8 Å². The molecule has 11 heteroatoms. The number of nitrogens with one attached hydrogen (secondary N) is 1. The molecule has 0 radical (unpaired) electrons. The van der Waals surface area contributed by atoms with E-state index in [0.717, 1.165) is 0 Å². The van der Waals surface area contributed by atoms with Gasteiger partial charge in [-0.15, -0.1) is 0 Å². The first-order valence-corrected chi connectivity index (χ1v) is 16.8. The molecule has 1 aromatic heterocycles. The fourth-order valence-electron chi connectivity index (χ4n) is 6.16. The molecule has 1 N–H and O–H groups in total. The molecule has 2 fully saturated rings. The van der Waals surface area contributed by atoms with Gasteiger partial charge in [0, 0.05) is 19.1 Å². The van der Waals surface area contributed by atoms with Crippen molar-refractivity contribution in [2.75, 3.05) is 37.7 Å². The quantitative estimate of drug-likeness (QED) is 0.388. The topological polar surface area (TPSA) is 105 Å². The van der Waals surface area contributed by atoms with Crippen molar-refractivity contribution in [2.24, 2.45) is 0 Å². The Bertz CT molecular complexity index is 1380. The second kappa shape index (κ2) is 12.7. The van der Waals surface area contributed by atoms with E-state index >= 15 is 0 Å². The molecule has 2 aliphatic rings. The lowest BCUT2D eigenvalue weighted by molar-refractivity contribution is -0.000401. The second-order valence-corrected chi connectivity index (χ2v) is 16.9. The number of nitrogens with zero attached hydrogens (tertiary/aromatic N) is 5. The first-order valence-electron chi connectivity index (χ1n) is 14.9. The number of hydrogen-bond acceptors (Lipinski definition) is 9. The molecular weight excluding hydrogens is 563 g/mol. The standard InChI is InChI=1S/C32H41FN6O3Si/c1-23(27-18-24(33)20-35-27)41-30-37-28(19-34)36-29(38-30)39-16-17-40-22-32(5,21-39)42-43(31(2,3)4,25-12-8-6-9-13-25)26-14-10-7-11-15-26/h6-15,23-24,27,35H,16-18,20-22H2,1-5H3/t23-,24+,27-,32-/m0/s1. The summed E-state index contributed by atoms with van der Waals surface area (Å²) in [5.74, 6) is 0.272. The third kappa shape index (κ3) is 6.73. The third-order valence-electron chi connectivity index (χ3n) is 8.21. The molecular formula is C32H41FN6O3Si. The molecule has 3 aromatic rings. The lowest BCUT2D eigenvalue weighted by atomic mass is 10.1. The summed E-state index contributed by atoms with van der Waals surface area (Å²) in [5.41, 5.74) is -0.751. The van der Waals surface area contributed by atoms with Crippen LogP contribution < -0.4 is 25.3 Å². The van der Waals surface area contributed by atoms with Crippen LogP contribution >= 0.6 is 0 Å². The van der Waals surface area contributed by atoms with Gasteiger partial charge in [-0.3, -0.25) is 0 Å². The van der Waals surface area contributed by atoms with Gasteiger partial charge in [-0.1, -0.05) is 81.4 Å². The fraction of sp³-hybridized carbons (Fsp3) is 0.500. The highest BCUT2D eigenvalue weighted by atomic mass is 28.4. The van der Waals surface area contributed by atoms with Crippen molar-refractivity contribution in [3.63, 3.8) is 0 Å². The van der Waals surface area contributed by atoms with Gasteiger partial charge >= 0.3 is 6.01 Å². The van der Waals surface area contributed by atoms with Gasteiger partial charge in [-0.25, -0.2) is 4.39 Å². The van der Waals surface area contributed by atoms with E-state index in [-0.39, 0.29) is 22.9 Å². The maximum Gasteiger partial charge on any atom is 0.322 e. The van der Waals surface area contributed by atoms with E-state index in [9.17, 15) is 9.65 Å². The Kier molecular flexibility index (Phi) is 9.13. The smallest absolute Gasteiger partial charge is 0.322 e. The molecule has 5 rings (SSSR count). The lowest BCUT2D eigenvalue weighted by Gasteiger charge is -2.48. The van der Waals surface area contributed by atoms with Gasteiger partial charge in [0.15, 0.2) is 0 Å². The number of alkyl halides is 1. The fourth-order valence-corrected chi connectivity index (χ4v) is 11.0. The van der Waals surface area contributed by atoms with Crippen LogP contribution in [0.4, 0.5) is 10.3 Å². The summed E-state index contributed by atoms with van der Waals surface area (Å²) in [6.45, 7) is 12.7. The van der Waals surface area contributed by atoms with Crippen LogP contribution in [0.5, 0.6) is 6.01 Å². The summed E-state index contributed by atoms with van der Waals surface area (Å²) in [5, 5.41) is 15.0. The van der Waals surface area contributed by atoms with E-state index in [1.54, 1.807) is 0 Å². The first kappa shape index (κ1) is 31.0. The first-order chi connectivity index (χ1) is 20.5. The molecule has 4 atom stereocenters. The molecule has 0 amide bonds. The summed E-state index contributed by atoms with van der Waals surface area (Å²) in [4.78, 5) is 15.2. The van der Waals surface area contributed by atoms with E-state index < -0.39 is 26.2 Å². The lowest BCUT2D eigenvalue weighted by Crippen LogP contribution is -2.70. The van der Waals surface area contributed by atoms with Gasteiger partial charge < -0.3 is 24.1 Å². The molecule has 0 saturated carbocycles. The molecule has 0 spiro atoms. The zero-order valence-corrected chi connectivity index (χ0v) is 26.6. The minimum absolute atomic E-state index is 0.0397. The van der Waals surface area contributed by atoms with Crippen molar-refractivity contribution in [1.29, 1.82) is 5.26 Å². The van der Waals surface area contributed by atoms with Crippen LogP contribution in [0.1, 0.15) is 46.9 Å². The Morgan fingerprint density at radius 1 is 1.09 bits per heavy atom. The van der Waals surface area contributed by atoms with Crippen molar-refractivity contribution < 1.29 is 18.3 Å². The molecule has 0 bridgehead atoms. The van der Waals surface area contributed by atoms with Crippen LogP contribution in [0.3, 0.4) is 0 Å². The largest absolute Gasteiger partial charge is 0.459 e. The maximum absolute atomic E-state index is 13.8. The predicted molar refractivity (Wildman–Crippen MR) is 166 cm³/mol. The third-order valence-corrected chi connectivity index (χ3v) is 13.4. The van der Waals surface area contributed by atoms with Crippen molar-refractivity contribution in [3.8, 4) is 12.1 Å². The molecule has 228 valence electrons. The predicted octanol–water partition coefficient (Wildman–Crippen LogP) is 3.38. The van der Waals surface area contributed by atoms with Gasteiger partial charge in [0.05, 0.1) is 25.4 Å². The monoisotopic (exact) mass is 604 g/mol. The zero-order valence-electron chi connectivity index (χ0n) is 25.6. The van der Waals surface area contributed by atoms with Crippen LogP contribution in [-0.4, -0.2) is 80.0 Å².